The standard InChI is InChI=1S/C14H20O3/c1-4-5-12-13(16)7-6-11(14(12)17)8-9(2)10(3)15/h6-7,9,16-17H,4-5,8H2,1-3H3. The minimum absolute atomic E-state index is 0.106. The molecule has 0 aliphatic heterocycles. The van der Waals surface area contributed by atoms with Gasteiger partial charge in [-0.2, -0.15) is 0 Å². The highest BCUT2D eigenvalue weighted by Crippen LogP contribution is 2.32. The summed E-state index contributed by atoms with van der Waals surface area (Å²) in [4.78, 5) is 11.2. The van der Waals surface area contributed by atoms with Gasteiger partial charge in [-0.3, -0.25) is 4.79 Å². The van der Waals surface area contributed by atoms with Crippen LogP contribution >= 0.6 is 0 Å². The van der Waals surface area contributed by atoms with Gasteiger partial charge in [0.1, 0.15) is 17.3 Å². The third-order valence-corrected chi connectivity index (χ3v) is 3.06. The molecule has 0 amide bonds. The van der Waals surface area contributed by atoms with E-state index < -0.39 is 0 Å². The topological polar surface area (TPSA) is 57.5 Å². The summed E-state index contributed by atoms with van der Waals surface area (Å²) in [6.45, 7) is 5.38. The highest BCUT2D eigenvalue weighted by atomic mass is 16.3. The number of aromatic hydroxyl groups is 2. The van der Waals surface area contributed by atoms with Gasteiger partial charge in [-0.15, -0.1) is 0 Å². The number of hydrogen-bond acceptors (Lipinski definition) is 3. The lowest BCUT2D eigenvalue weighted by atomic mass is 9.94. The summed E-state index contributed by atoms with van der Waals surface area (Å²) in [6, 6.07) is 3.27. The van der Waals surface area contributed by atoms with Gasteiger partial charge >= 0.3 is 0 Å². The number of phenols is 2. The smallest absolute Gasteiger partial charge is 0.132 e. The minimum atomic E-state index is -0.111. The molecule has 1 atom stereocenters. The van der Waals surface area contributed by atoms with Crippen molar-refractivity contribution < 1.29 is 15.0 Å². The molecule has 1 unspecified atom stereocenters. The van der Waals surface area contributed by atoms with Gasteiger partial charge in [-0.05, 0) is 31.4 Å². The first-order chi connectivity index (χ1) is 7.97. The maximum Gasteiger partial charge on any atom is 0.132 e. The summed E-state index contributed by atoms with van der Waals surface area (Å²) in [5, 5.41) is 19.7. The Labute approximate surface area is 102 Å². The highest BCUT2D eigenvalue weighted by Gasteiger charge is 2.15. The molecule has 3 heteroatoms. The summed E-state index contributed by atoms with van der Waals surface area (Å²) in [6.07, 6.45) is 2.00. The van der Waals surface area contributed by atoms with Crippen molar-refractivity contribution >= 4 is 5.78 Å². The van der Waals surface area contributed by atoms with Crippen LogP contribution in [0.15, 0.2) is 12.1 Å². The molecule has 0 heterocycles. The lowest BCUT2D eigenvalue weighted by Gasteiger charge is -2.13. The molecule has 0 aliphatic rings. The van der Waals surface area contributed by atoms with Crippen molar-refractivity contribution in [3.63, 3.8) is 0 Å². The Bertz CT molecular complexity index is 410. The Morgan fingerprint density at radius 2 is 2.00 bits per heavy atom. The van der Waals surface area contributed by atoms with Gasteiger partial charge in [-0.25, -0.2) is 0 Å². The van der Waals surface area contributed by atoms with Gasteiger partial charge in [0.25, 0.3) is 0 Å². The molecule has 0 spiro atoms. The maximum atomic E-state index is 11.2. The molecule has 0 saturated carbocycles. The normalized spacial score (nSPS) is 12.4. The molecule has 0 aliphatic carbocycles. The van der Waals surface area contributed by atoms with Crippen LogP contribution in [0.25, 0.3) is 0 Å². The van der Waals surface area contributed by atoms with E-state index in [-0.39, 0.29) is 23.2 Å². The summed E-state index contributed by atoms with van der Waals surface area (Å²) in [5.74, 6) is 0.262. The van der Waals surface area contributed by atoms with E-state index in [1.165, 1.54) is 0 Å². The van der Waals surface area contributed by atoms with Crippen molar-refractivity contribution in [2.24, 2.45) is 5.92 Å². The Morgan fingerprint density at radius 1 is 1.35 bits per heavy atom. The zero-order valence-electron chi connectivity index (χ0n) is 10.7. The zero-order chi connectivity index (χ0) is 13.0. The largest absolute Gasteiger partial charge is 0.508 e. The zero-order valence-corrected chi connectivity index (χ0v) is 10.7. The highest BCUT2D eigenvalue weighted by molar-refractivity contribution is 5.78. The summed E-state index contributed by atoms with van der Waals surface area (Å²) < 4.78 is 0. The van der Waals surface area contributed by atoms with Gasteiger partial charge < -0.3 is 10.2 Å². The minimum Gasteiger partial charge on any atom is -0.508 e. The summed E-state index contributed by atoms with van der Waals surface area (Å²) >= 11 is 0. The number of Topliss-reactive ketones (excluding diaryl/α,β-unsaturated/α-hetero) is 1. The van der Waals surface area contributed by atoms with Gasteiger partial charge in [0, 0.05) is 11.5 Å². The van der Waals surface area contributed by atoms with E-state index in [0.717, 1.165) is 12.0 Å². The third kappa shape index (κ3) is 3.22. The first-order valence-corrected chi connectivity index (χ1v) is 6.00. The molecule has 0 aromatic heterocycles. The molecule has 0 radical (unpaired) electrons. The Hall–Kier alpha value is -1.51. The Morgan fingerprint density at radius 3 is 2.53 bits per heavy atom. The van der Waals surface area contributed by atoms with E-state index in [1.54, 1.807) is 19.1 Å². The Kier molecular flexibility index (Phi) is 4.55. The fraction of sp³-hybridized carbons (Fsp3) is 0.500. The number of carbonyl (C=O) groups excluding carboxylic acids is 1. The predicted molar refractivity (Wildman–Crippen MR) is 67.3 cm³/mol. The van der Waals surface area contributed by atoms with Gasteiger partial charge in [0.15, 0.2) is 0 Å². The fourth-order valence-corrected chi connectivity index (χ4v) is 1.81. The van der Waals surface area contributed by atoms with Crippen LogP contribution < -0.4 is 0 Å². The molecular weight excluding hydrogens is 216 g/mol. The van der Waals surface area contributed by atoms with Gasteiger partial charge in [0.2, 0.25) is 0 Å². The van der Waals surface area contributed by atoms with Crippen LogP contribution in [0.1, 0.15) is 38.3 Å². The van der Waals surface area contributed by atoms with Crippen molar-refractivity contribution in [2.75, 3.05) is 0 Å². The van der Waals surface area contributed by atoms with Crippen molar-refractivity contribution in [3.05, 3.63) is 23.3 Å². The van der Waals surface area contributed by atoms with Crippen molar-refractivity contribution in [1.29, 1.82) is 0 Å². The van der Waals surface area contributed by atoms with E-state index in [9.17, 15) is 15.0 Å². The summed E-state index contributed by atoms with van der Waals surface area (Å²) in [7, 11) is 0. The number of rotatable bonds is 5. The van der Waals surface area contributed by atoms with Crippen LogP contribution in [-0.2, 0) is 17.6 Å². The molecule has 0 saturated heterocycles. The van der Waals surface area contributed by atoms with E-state index in [4.69, 9.17) is 0 Å². The maximum absolute atomic E-state index is 11.2. The molecular formula is C14H20O3. The van der Waals surface area contributed by atoms with Crippen LogP contribution in [0.3, 0.4) is 0 Å². The second kappa shape index (κ2) is 5.71. The Balaban J connectivity index is 3.01. The lowest BCUT2D eigenvalue weighted by molar-refractivity contribution is -0.120. The predicted octanol–water partition coefficient (Wildman–Crippen LogP) is 2.82. The quantitative estimate of drug-likeness (QED) is 0.826. The van der Waals surface area contributed by atoms with E-state index >= 15 is 0 Å². The third-order valence-electron chi connectivity index (χ3n) is 3.06. The van der Waals surface area contributed by atoms with E-state index in [2.05, 4.69) is 0 Å². The van der Waals surface area contributed by atoms with Gasteiger partial charge in [0.05, 0.1) is 0 Å². The van der Waals surface area contributed by atoms with Crippen LogP contribution in [0.4, 0.5) is 0 Å². The second-order valence-corrected chi connectivity index (χ2v) is 4.54. The van der Waals surface area contributed by atoms with E-state index in [1.807, 2.05) is 13.8 Å². The average Bonchev–Trinajstić information content (AvgIpc) is 2.28. The summed E-state index contributed by atoms with van der Waals surface area (Å²) in [5.41, 5.74) is 1.31. The molecule has 2 N–H and O–H groups in total. The second-order valence-electron chi connectivity index (χ2n) is 4.54. The van der Waals surface area contributed by atoms with Gasteiger partial charge in [-0.1, -0.05) is 26.3 Å². The number of carbonyl (C=O) groups is 1. The van der Waals surface area contributed by atoms with Crippen molar-refractivity contribution in [1.82, 2.24) is 0 Å². The fourth-order valence-electron chi connectivity index (χ4n) is 1.81. The number of hydrogen-bond donors (Lipinski definition) is 2. The lowest BCUT2D eigenvalue weighted by Crippen LogP contribution is -2.10. The molecule has 0 bridgehead atoms. The first kappa shape index (κ1) is 13.6. The monoisotopic (exact) mass is 236 g/mol. The van der Waals surface area contributed by atoms with Crippen LogP contribution in [-0.4, -0.2) is 16.0 Å². The average molecular weight is 236 g/mol. The van der Waals surface area contributed by atoms with Crippen molar-refractivity contribution in [2.45, 2.75) is 40.0 Å². The van der Waals surface area contributed by atoms with Crippen molar-refractivity contribution in [3.8, 4) is 11.5 Å². The van der Waals surface area contributed by atoms with Crippen LogP contribution in [0.2, 0.25) is 0 Å². The molecule has 0 fully saturated rings. The molecule has 3 nitrogen and oxygen atoms in total. The SMILES string of the molecule is CCCc1c(O)ccc(CC(C)C(C)=O)c1O. The molecule has 1 aromatic carbocycles. The van der Waals surface area contributed by atoms with Crippen LogP contribution in [0.5, 0.6) is 11.5 Å². The molecule has 1 aromatic rings. The molecule has 94 valence electrons. The number of phenolic OH excluding ortho intramolecular Hbond substituents is 2. The number of benzene rings is 1. The first-order valence-electron chi connectivity index (χ1n) is 6.00. The van der Waals surface area contributed by atoms with E-state index in [0.29, 0.717) is 18.4 Å². The molecule has 17 heavy (non-hydrogen) atoms. The molecule has 1 rings (SSSR count). The van der Waals surface area contributed by atoms with Crippen LogP contribution in [0, 0.1) is 5.92 Å². The number of ketones is 1.